The summed E-state index contributed by atoms with van der Waals surface area (Å²) in [6.07, 6.45) is 3.67. The Bertz CT molecular complexity index is 885. The lowest BCUT2D eigenvalue weighted by Crippen LogP contribution is -2.50. The van der Waals surface area contributed by atoms with Gasteiger partial charge in [-0.3, -0.25) is 14.5 Å². The highest BCUT2D eigenvalue weighted by Crippen LogP contribution is 2.12. The quantitative estimate of drug-likeness (QED) is 0.603. The third kappa shape index (κ3) is 6.21. The second-order valence-electron chi connectivity index (χ2n) is 7.37. The maximum atomic E-state index is 13.6. The number of benzene rings is 1. The number of rotatable bonds is 8. The topological polar surface area (TPSA) is 100 Å². The molecule has 0 unspecified atom stereocenters. The molecule has 4 N–H and O–H groups in total. The number of amides is 2. The maximum Gasteiger partial charge on any atom is 0.243 e. The Hall–Kier alpha value is -3.07. The minimum Gasteiger partial charge on any atom is -0.384 e. The van der Waals surface area contributed by atoms with E-state index >= 15 is 0 Å². The summed E-state index contributed by atoms with van der Waals surface area (Å²) in [5, 5.41) is 5.48. The van der Waals surface area contributed by atoms with Crippen LogP contribution in [-0.4, -0.2) is 47.4 Å². The van der Waals surface area contributed by atoms with Gasteiger partial charge in [0.1, 0.15) is 11.9 Å². The Balaban J connectivity index is 1.66. The standard InChI is InChI=1S/C21H25F2N5O2/c22-16-5-3-14(9-17(16)23)10-18(27-20(29)13-28-7-1-2-8-28)21(30)26-12-15-4-6-19(24)25-11-15/h3-6,9,11,18H,1-2,7-8,10,12-13H2,(H2,24,25)(H,26,30)(H,27,29)/t18-/m0/s1. The number of nitrogens with two attached hydrogens (primary N) is 1. The Labute approximate surface area is 173 Å². The first-order chi connectivity index (χ1) is 14.4. The first-order valence-electron chi connectivity index (χ1n) is 9.84. The van der Waals surface area contributed by atoms with Crippen LogP contribution in [0, 0.1) is 11.6 Å². The van der Waals surface area contributed by atoms with Crippen molar-refractivity contribution in [2.24, 2.45) is 0 Å². The van der Waals surface area contributed by atoms with Crippen LogP contribution in [0.15, 0.2) is 36.5 Å². The molecule has 1 atom stereocenters. The van der Waals surface area contributed by atoms with Gasteiger partial charge in [-0.1, -0.05) is 12.1 Å². The van der Waals surface area contributed by atoms with Crippen LogP contribution in [-0.2, 0) is 22.6 Å². The molecule has 0 saturated carbocycles. The molecule has 1 saturated heterocycles. The minimum absolute atomic E-state index is 0.0365. The summed E-state index contributed by atoms with van der Waals surface area (Å²) < 4.78 is 26.8. The number of hydrogen-bond donors (Lipinski definition) is 3. The second kappa shape index (κ2) is 10.1. The van der Waals surface area contributed by atoms with Gasteiger partial charge in [-0.15, -0.1) is 0 Å². The summed E-state index contributed by atoms with van der Waals surface area (Å²) in [5.41, 5.74) is 6.70. The van der Waals surface area contributed by atoms with Crippen molar-refractivity contribution in [2.45, 2.75) is 31.8 Å². The Morgan fingerprint density at radius 2 is 1.83 bits per heavy atom. The largest absolute Gasteiger partial charge is 0.384 e. The number of nitrogens with one attached hydrogen (secondary N) is 2. The Morgan fingerprint density at radius 3 is 2.50 bits per heavy atom. The van der Waals surface area contributed by atoms with Crippen LogP contribution in [0.25, 0.3) is 0 Å². The molecule has 1 aromatic heterocycles. The van der Waals surface area contributed by atoms with Crippen LogP contribution in [0.4, 0.5) is 14.6 Å². The first-order valence-corrected chi connectivity index (χ1v) is 9.84. The van der Waals surface area contributed by atoms with E-state index in [1.165, 1.54) is 6.07 Å². The van der Waals surface area contributed by atoms with Crippen LogP contribution in [0.2, 0.25) is 0 Å². The number of likely N-dealkylation sites (tertiary alicyclic amines) is 1. The van der Waals surface area contributed by atoms with E-state index in [4.69, 9.17) is 5.73 Å². The monoisotopic (exact) mass is 417 g/mol. The smallest absolute Gasteiger partial charge is 0.243 e. The van der Waals surface area contributed by atoms with Gasteiger partial charge in [-0.2, -0.15) is 0 Å². The van der Waals surface area contributed by atoms with E-state index in [1.807, 2.05) is 4.90 Å². The van der Waals surface area contributed by atoms with Gasteiger partial charge in [0.05, 0.1) is 6.54 Å². The lowest BCUT2D eigenvalue weighted by atomic mass is 10.0. The molecule has 9 heteroatoms. The van der Waals surface area contributed by atoms with Crippen LogP contribution >= 0.6 is 0 Å². The Morgan fingerprint density at radius 1 is 1.10 bits per heavy atom. The van der Waals surface area contributed by atoms with Gasteiger partial charge in [0.25, 0.3) is 0 Å². The van der Waals surface area contributed by atoms with Crippen molar-refractivity contribution in [3.63, 3.8) is 0 Å². The number of halogens is 2. The second-order valence-corrected chi connectivity index (χ2v) is 7.37. The van der Waals surface area contributed by atoms with Crippen molar-refractivity contribution in [2.75, 3.05) is 25.4 Å². The van der Waals surface area contributed by atoms with E-state index in [2.05, 4.69) is 15.6 Å². The molecule has 1 aromatic carbocycles. The number of aromatic nitrogens is 1. The van der Waals surface area contributed by atoms with Crippen LogP contribution in [0.1, 0.15) is 24.0 Å². The highest BCUT2D eigenvalue weighted by atomic mass is 19.2. The summed E-state index contributed by atoms with van der Waals surface area (Å²) in [6, 6.07) is 5.87. The van der Waals surface area contributed by atoms with Crippen molar-refractivity contribution < 1.29 is 18.4 Å². The summed E-state index contributed by atoms with van der Waals surface area (Å²) in [4.78, 5) is 31.2. The summed E-state index contributed by atoms with van der Waals surface area (Å²) >= 11 is 0. The van der Waals surface area contributed by atoms with E-state index < -0.39 is 23.6 Å². The fourth-order valence-electron chi connectivity index (χ4n) is 3.35. The molecule has 3 rings (SSSR count). The lowest BCUT2D eigenvalue weighted by molar-refractivity contribution is -0.129. The van der Waals surface area contributed by atoms with E-state index in [-0.39, 0.29) is 25.4 Å². The predicted molar refractivity (Wildman–Crippen MR) is 108 cm³/mol. The van der Waals surface area contributed by atoms with Gasteiger partial charge in [-0.05, 0) is 55.3 Å². The van der Waals surface area contributed by atoms with E-state index in [0.29, 0.717) is 11.4 Å². The highest BCUT2D eigenvalue weighted by Gasteiger charge is 2.23. The van der Waals surface area contributed by atoms with Gasteiger partial charge in [0.15, 0.2) is 11.6 Å². The SMILES string of the molecule is Nc1ccc(CNC(=O)[C@H](Cc2ccc(F)c(F)c2)NC(=O)CN2CCCC2)cn1. The van der Waals surface area contributed by atoms with E-state index in [1.54, 1.807) is 18.3 Å². The highest BCUT2D eigenvalue weighted by molar-refractivity contribution is 5.88. The average Bonchev–Trinajstić information content (AvgIpc) is 3.22. The van der Waals surface area contributed by atoms with Gasteiger partial charge in [0, 0.05) is 19.2 Å². The van der Waals surface area contributed by atoms with Crippen molar-refractivity contribution in [1.29, 1.82) is 0 Å². The molecule has 2 amide bonds. The van der Waals surface area contributed by atoms with Gasteiger partial charge in [0.2, 0.25) is 11.8 Å². The molecule has 0 radical (unpaired) electrons. The Kier molecular flexibility index (Phi) is 7.29. The van der Waals surface area contributed by atoms with Crippen molar-refractivity contribution in [3.05, 3.63) is 59.3 Å². The van der Waals surface area contributed by atoms with Crippen molar-refractivity contribution >= 4 is 17.6 Å². The number of carbonyl (C=O) groups is 2. The fourth-order valence-corrected chi connectivity index (χ4v) is 3.35. The molecule has 1 aliphatic rings. The number of anilines is 1. The number of pyridine rings is 1. The number of nitrogen functional groups attached to an aromatic ring is 1. The van der Waals surface area contributed by atoms with E-state index in [0.717, 1.165) is 43.6 Å². The molecule has 1 aliphatic heterocycles. The molecule has 30 heavy (non-hydrogen) atoms. The molecule has 0 spiro atoms. The summed E-state index contributed by atoms with van der Waals surface area (Å²) in [7, 11) is 0. The zero-order valence-corrected chi connectivity index (χ0v) is 16.5. The zero-order chi connectivity index (χ0) is 21.5. The summed E-state index contributed by atoms with van der Waals surface area (Å²) in [6.45, 7) is 2.08. The van der Waals surface area contributed by atoms with Gasteiger partial charge in [-0.25, -0.2) is 13.8 Å². The molecule has 2 heterocycles. The molecule has 7 nitrogen and oxygen atoms in total. The maximum absolute atomic E-state index is 13.6. The number of nitrogens with zero attached hydrogens (tertiary/aromatic N) is 2. The normalized spacial score (nSPS) is 15.0. The van der Waals surface area contributed by atoms with Crippen LogP contribution in [0.3, 0.4) is 0 Å². The first kappa shape index (κ1) is 21.6. The van der Waals surface area contributed by atoms with Crippen LogP contribution < -0.4 is 16.4 Å². The molecular formula is C21H25F2N5O2. The minimum atomic E-state index is -0.997. The molecule has 2 aromatic rings. The van der Waals surface area contributed by atoms with Crippen molar-refractivity contribution in [3.8, 4) is 0 Å². The number of hydrogen-bond acceptors (Lipinski definition) is 5. The lowest BCUT2D eigenvalue weighted by Gasteiger charge is -2.21. The molecule has 160 valence electrons. The van der Waals surface area contributed by atoms with Gasteiger partial charge >= 0.3 is 0 Å². The van der Waals surface area contributed by atoms with Gasteiger partial charge < -0.3 is 16.4 Å². The average molecular weight is 417 g/mol. The third-order valence-corrected chi connectivity index (χ3v) is 4.96. The molecule has 1 fully saturated rings. The molecule has 0 aliphatic carbocycles. The number of carbonyl (C=O) groups excluding carboxylic acids is 2. The molecule has 0 bridgehead atoms. The van der Waals surface area contributed by atoms with Crippen LogP contribution in [0.5, 0.6) is 0 Å². The summed E-state index contributed by atoms with van der Waals surface area (Å²) in [5.74, 6) is -2.30. The fraction of sp³-hybridized carbons (Fsp3) is 0.381. The zero-order valence-electron chi connectivity index (χ0n) is 16.5. The third-order valence-electron chi connectivity index (χ3n) is 4.96. The molecular weight excluding hydrogens is 392 g/mol. The van der Waals surface area contributed by atoms with E-state index in [9.17, 15) is 18.4 Å². The predicted octanol–water partition coefficient (Wildman–Crippen LogP) is 1.38. The van der Waals surface area contributed by atoms with Crippen molar-refractivity contribution in [1.82, 2.24) is 20.5 Å².